The highest BCUT2D eigenvalue weighted by Gasteiger charge is 2.39. The summed E-state index contributed by atoms with van der Waals surface area (Å²) in [5, 5.41) is 16.5. The number of anilines is 3. The highest BCUT2D eigenvalue weighted by molar-refractivity contribution is 8.19. The molecule has 0 saturated carbocycles. The van der Waals surface area contributed by atoms with E-state index in [1.165, 1.54) is 11.8 Å². The average molecular weight is 546 g/mol. The first-order valence-electron chi connectivity index (χ1n) is 12.1. The summed E-state index contributed by atoms with van der Waals surface area (Å²) in [6, 6.07) is 23.2. The van der Waals surface area contributed by atoms with Crippen LogP contribution >= 0.6 is 23.5 Å². The zero-order chi connectivity index (χ0) is 26.6. The molecule has 2 heterocycles. The van der Waals surface area contributed by atoms with Crippen molar-refractivity contribution in [3.05, 3.63) is 88.3 Å². The van der Waals surface area contributed by atoms with Gasteiger partial charge in [-0.25, -0.2) is 4.99 Å². The van der Waals surface area contributed by atoms with Crippen molar-refractivity contribution < 1.29 is 14.7 Å². The largest absolute Gasteiger partial charge is 0.387 e. The molecule has 2 amide bonds. The second-order valence-electron chi connectivity index (χ2n) is 8.60. The minimum atomic E-state index is -0.613. The van der Waals surface area contributed by atoms with Crippen molar-refractivity contribution in [2.45, 2.75) is 18.4 Å². The molecule has 1 saturated heterocycles. The first kappa shape index (κ1) is 25.9. The lowest BCUT2D eigenvalue weighted by molar-refractivity contribution is -0.122. The quantitative estimate of drug-likeness (QED) is 0.350. The van der Waals surface area contributed by atoms with Crippen molar-refractivity contribution in [1.29, 1.82) is 0 Å². The van der Waals surface area contributed by atoms with Gasteiger partial charge in [-0.15, -0.1) is 0 Å². The number of nitrogens with one attached hydrogen (secondary N) is 2. The Morgan fingerprint density at radius 1 is 1.03 bits per heavy atom. The number of nitrogens with zero attached hydrogens (tertiary/aromatic N) is 3. The van der Waals surface area contributed by atoms with Crippen LogP contribution in [0.1, 0.15) is 12.5 Å². The molecular formula is C28H27N5O3S2. The molecule has 194 valence electrons. The number of carbonyl (C=O) groups excluding carboxylic acids is 2. The molecule has 0 unspecified atom stereocenters. The molecule has 8 nitrogen and oxygen atoms in total. The van der Waals surface area contributed by atoms with Crippen molar-refractivity contribution in [2.75, 3.05) is 35.7 Å². The molecule has 2 aliphatic rings. The van der Waals surface area contributed by atoms with Gasteiger partial charge >= 0.3 is 0 Å². The van der Waals surface area contributed by atoms with Crippen molar-refractivity contribution in [2.24, 2.45) is 4.99 Å². The van der Waals surface area contributed by atoms with Gasteiger partial charge in [0.2, 0.25) is 5.91 Å². The summed E-state index contributed by atoms with van der Waals surface area (Å²) in [5.41, 5.74) is 3.92. The van der Waals surface area contributed by atoms with Gasteiger partial charge in [-0.1, -0.05) is 54.2 Å². The molecule has 10 heteroatoms. The fraction of sp³-hybridized carbons (Fsp3) is 0.179. The van der Waals surface area contributed by atoms with E-state index in [0.717, 1.165) is 26.9 Å². The van der Waals surface area contributed by atoms with E-state index >= 15 is 0 Å². The van der Waals surface area contributed by atoms with Crippen LogP contribution in [-0.4, -0.2) is 47.2 Å². The Morgan fingerprint density at radius 3 is 2.53 bits per heavy atom. The number of aliphatic imine (C=N–C) groups is 1. The summed E-state index contributed by atoms with van der Waals surface area (Å²) < 4.78 is 0. The van der Waals surface area contributed by atoms with E-state index in [1.807, 2.05) is 68.6 Å². The van der Waals surface area contributed by atoms with Crippen LogP contribution in [0.3, 0.4) is 0 Å². The van der Waals surface area contributed by atoms with E-state index in [0.29, 0.717) is 34.5 Å². The molecule has 0 spiro atoms. The Balaban J connectivity index is 1.57. The zero-order valence-corrected chi connectivity index (χ0v) is 22.6. The third-order valence-corrected chi connectivity index (χ3v) is 8.42. The second kappa shape index (κ2) is 11.3. The normalized spacial score (nSPS) is 17.8. The lowest BCUT2D eigenvalue weighted by Crippen LogP contribution is -2.29. The SMILES string of the molecule is CCNc1ccc(NC(=O)CO)cc1/N=C1\S/C(=C2\Sc3ccccc3N2C)C(=O)N1Cc1ccccc1. The molecule has 0 radical (unpaired) electrons. The number of thioether (sulfide) groups is 2. The van der Waals surface area contributed by atoms with Gasteiger partial charge in [-0.3, -0.25) is 14.5 Å². The first-order valence-corrected chi connectivity index (χ1v) is 13.8. The van der Waals surface area contributed by atoms with E-state index < -0.39 is 12.5 Å². The summed E-state index contributed by atoms with van der Waals surface area (Å²) in [6.07, 6.45) is 0. The monoisotopic (exact) mass is 545 g/mol. The highest BCUT2D eigenvalue weighted by Crippen LogP contribution is 2.50. The third kappa shape index (κ3) is 5.28. The first-order chi connectivity index (χ1) is 18.5. The Morgan fingerprint density at radius 2 is 1.79 bits per heavy atom. The number of carbonyl (C=O) groups is 2. The molecule has 0 atom stereocenters. The van der Waals surface area contributed by atoms with E-state index in [9.17, 15) is 9.59 Å². The topological polar surface area (TPSA) is 97.3 Å². The van der Waals surface area contributed by atoms with Gasteiger partial charge in [-0.05, 0) is 54.6 Å². The summed E-state index contributed by atoms with van der Waals surface area (Å²) in [7, 11) is 1.97. The predicted molar refractivity (Wildman–Crippen MR) is 156 cm³/mol. The van der Waals surface area contributed by atoms with Crippen LogP contribution < -0.4 is 15.5 Å². The van der Waals surface area contributed by atoms with Crippen molar-refractivity contribution in [3.8, 4) is 0 Å². The lowest BCUT2D eigenvalue weighted by atomic mass is 10.2. The molecule has 3 N–H and O–H groups in total. The maximum absolute atomic E-state index is 13.9. The number of benzene rings is 3. The minimum Gasteiger partial charge on any atom is -0.387 e. The molecule has 0 aromatic heterocycles. The molecule has 3 aromatic rings. The number of amides is 2. The Labute approximate surface area is 229 Å². The van der Waals surface area contributed by atoms with Gasteiger partial charge in [0, 0.05) is 24.2 Å². The van der Waals surface area contributed by atoms with Crippen LogP contribution in [0.2, 0.25) is 0 Å². The van der Waals surface area contributed by atoms with Crippen LogP contribution in [0.15, 0.2) is 92.6 Å². The van der Waals surface area contributed by atoms with Gasteiger partial charge in [0.15, 0.2) is 5.17 Å². The molecule has 1 fully saturated rings. The summed E-state index contributed by atoms with van der Waals surface area (Å²) in [6.45, 7) is 2.43. The van der Waals surface area contributed by atoms with Crippen LogP contribution in [0.5, 0.6) is 0 Å². The van der Waals surface area contributed by atoms with E-state index in [-0.39, 0.29) is 5.91 Å². The average Bonchev–Trinajstić information content (AvgIpc) is 3.42. The Bertz CT molecular complexity index is 1440. The number of rotatable bonds is 7. The number of para-hydroxylation sites is 1. The number of amidine groups is 1. The maximum atomic E-state index is 13.9. The molecule has 38 heavy (non-hydrogen) atoms. The minimum absolute atomic E-state index is 0.102. The molecular weight excluding hydrogens is 518 g/mol. The van der Waals surface area contributed by atoms with Crippen LogP contribution in [0.4, 0.5) is 22.7 Å². The van der Waals surface area contributed by atoms with Crippen molar-refractivity contribution >= 4 is 63.3 Å². The number of aliphatic hydroxyl groups is 1. The second-order valence-corrected chi connectivity index (χ2v) is 10.6. The Hall–Kier alpha value is -3.73. The fourth-order valence-corrected chi connectivity index (χ4v) is 6.51. The smallest absolute Gasteiger partial charge is 0.269 e. The van der Waals surface area contributed by atoms with Gasteiger partial charge in [-0.2, -0.15) is 0 Å². The molecule has 3 aromatic carbocycles. The van der Waals surface area contributed by atoms with E-state index in [2.05, 4.69) is 21.6 Å². The van der Waals surface area contributed by atoms with Crippen LogP contribution in [0.25, 0.3) is 0 Å². The van der Waals surface area contributed by atoms with Gasteiger partial charge in [0.25, 0.3) is 5.91 Å². The predicted octanol–water partition coefficient (Wildman–Crippen LogP) is 5.22. The summed E-state index contributed by atoms with van der Waals surface area (Å²) in [5.74, 6) is -0.613. The molecule has 2 aliphatic heterocycles. The third-order valence-electron chi connectivity index (χ3n) is 5.99. The van der Waals surface area contributed by atoms with Crippen LogP contribution in [0, 0.1) is 0 Å². The summed E-state index contributed by atoms with van der Waals surface area (Å²) >= 11 is 2.94. The van der Waals surface area contributed by atoms with Crippen molar-refractivity contribution in [1.82, 2.24) is 4.90 Å². The number of aliphatic hydroxyl groups excluding tert-OH is 1. The van der Waals surface area contributed by atoms with Gasteiger partial charge in [0.05, 0.1) is 28.6 Å². The molecule has 0 aliphatic carbocycles. The summed E-state index contributed by atoms with van der Waals surface area (Å²) in [4.78, 5) is 36.1. The van der Waals surface area contributed by atoms with E-state index in [1.54, 1.807) is 28.8 Å². The number of fused-ring (bicyclic) bond motifs is 1. The lowest BCUT2D eigenvalue weighted by Gasteiger charge is -2.17. The highest BCUT2D eigenvalue weighted by atomic mass is 32.2. The maximum Gasteiger partial charge on any atom is 0.269 e. The van der Waals surface area contributed by atoms with Crippen molar-refractivity contribution in [3.63, 3.8) is 0 Å². The van der Waals surface area contributed by atoms with E-state index in [4.69, 9.17) is 10.1 Å². The van der Waals surface area contributed by atoms with Gasteiger partial charge < -0.3 is 20.6 Å². The molecule has 0 bridgehead atoms. The van der Waals surface area contributed by atoms with Gasteiger partial charge in [0.1, 0.15) is 11.5 Å². The molecule has 5 rings (SSSR count). The standard InChI is InChI=1S/C28H27N5O3S2/c1-3-29-20-14-13-19(30-24(35)17-34)15-21(20)31-28-33(16-18-9-5-4-6-10-18)26(36)25(38-28)27-32(2)22-11-7-8-12-23(22)37-27/h4-15,29,34H,3,16-17H2,1-2H3,(H,30,35)/b27-25-,31-28-. The van der Waals surface area contributed by atoms with Crippen LogP contribution in [-0.2, 0) is 16.1 Å². The number of hydrogen-bond donors (Lipinski definition) is 3. The fourth-order valence-electron chi connectivity index (χ4n) is 4.17. The Kier molecular flexibility index (Phi) is 7.73. The number of hydrogen-bond acceptors (Lipinski definition) is 8. The zero-order valence-electron chi connectivity index (χ0n) is 21.0.